The van der Waals surface area contributed by atoms with Crippen LogP contribution in [0.4, 0.5) is 0 Å². The molecule has 2 aromatic heterocycles. The van der Waals surface area contributed by atoms with Crippen LogP contribution in [-0.4, -0.2) is 15.1 Å². The summed E-state index contributed by atoms with van der Waals surface area (Å²) in [5.74, 6) is 1.23. The fourth-order valence-electron chi connectivity index (χ4n) is 1.38. The SMILES string of the molecule is CCc1nc2noc(CC)c2c(=O)[nH]1. The van der Waals surface area contributed by atoms with Crippen molar-refractivity contribution in [1.82, 2.24) is 15.1 Å². The molecule has 2 aromatic rings. The minimum absolute atomic E-state index is 0.162. The van der Waals surface area contributed by atoms with Gasteiger partial charge >= 0.3 is 0 Å². The normalized spacial score (nSPS) is 11.0. The van der Waals surface area contributed by atoms with Gasteiger partial charge in [0.05, 0.1) is 0 Å². The van der Waals surface area contributed by atoms with Crippen LogP contribution in [0.15, 0.2) is 9.32 Å². The molecular formula is C9H11N3O2. The first-order valence-electron chi connectivity index (χ1n) is 4.63. The van der Waals surface area contributed by atoms with Gasteiger partial charge in [0.1, 0.15) is 11.2 Å². The van der Waals surface area contributed by atoms with Crippen molar-refractivity contribution in [2.24, 2.45) is 0 Å². The second kappa shape index (κ2) is 3.25. The molecule has 2 heterocycles. The van der Waals surface area contributed by atoms with Crippen LogP contribution < -0.4 is 5.56 Å². The quantitative estimate of drug-likeness (QED) is 0.773. The van der Waals surface area contributed by atoms with Crippen LogP contribution in [0.25, 0.3) is 11.0 Å². The predicted molar refractivity (Wildman–Crippen MR) is 51.2 cm³/mol. The summed E-state index contributed by atoms with van der Waals surface area (Å²) in [6.45, 7) is 3.83. The average Bonchev–Trinajstić information content (AvgIpc) is 2.61. The molecule has 0 radical (unpaired) electrons. The molecule has 0 spiro atoms. The highest BCUT2D eigenvalue weighted by molar-refractivity contribution is 5.75. The van der Waals surface area contributed by atoms with Gasteiger partial charge in [-0.1, -0.05) is 19.0 Å². The van der Waals surface area contributed by atoms with Gasteiger partial charge in [-0.05, 0) is 0 Å². The summed E-state index contributed by atoms with van der Waals surface area (Å²) in [5, 5.41) is 4.23. The lowest BCUT2D eigenvalue weighted by atomic mass is 10.2. The Balaban J connectivity index is 2.79. The summed E-state index contributed by atoms with van der Waals surface area (Å²) in [7, 11) is 0. The van der Waals surface area contributed by atoms with Crippen molar-refractivity contribution < 1.29 is 4.52 Å². The molecule has 0 aliphatic rings. The number of rotatable bonds is 2. The average molecular weight is 193 g/mol. The van der Waals surface area contributed by atoms with Crippen molar-refractivity contribution >= 4 is 11.0 Å². The Kier molecular flexibility index (Phi) is 2.07. The van der Waals surface area contributed by atoms with E-state index in [1.54, 1.807) is 0 Å². The number of aromatic nitrogens is 3. The maximum atomic E-state index is 11.6. The first-order valence-corrected chi connectivity index (χ1v) is 4.63. The van der Waals surface area contributed by atoms with E-state index < -0.39 is 0 Å². The molecule has 0 aliphatic heterocycles. The van der Waals surface area contributed by atoms with Crippen molar-refractivity contribution in [3.8, 4) is 0 Å². The number of nitrogens with zero attached hydrogens (tertiary/aromatic N) is 2. The summed E-state index contributed by atoms with van der Waals surface area (Å²) in [6.07, 6.45) is 1.33. The molecule has 74 valence electrons. The first-order chi connectivity index (χ1) is 6.76. The maximum Gasteiger partial charge on any atom is 0.264 e. The molecule has 0 amide bonds. The van der Waals surface area contributed by atoms with E-state index in [1.807, 2.05) is 13.8 Å². The second-order valence-electron chi connectivity index (χ2n) is 3.02. The van der Waals surface area contributed by atoms with Crippen LogP contribution in [0, 0.1) is 0 Å². The van der Waals surface area contributed by atoms with E-state index in [0.29, 0.717) is 35.5 Å². The summed E-state index contributed by atoms with van der Waals surface area (Å²) in [6, 6.07) is 0. The molecule has 0 unspecified atom stereocenters. The van der Waals surface area contributed by atoms with Crippen LogP contribution in [0.1, 0.15) is 25.4 Å². The standard InChI is InChI=1S/C9H11N3O2/c1-3-5-7-8(12-14-5)10-6(4-2)11-9(7)13/h3-4H2,1-2H3,(H,10,11,12,13). The fourth-order valence-corrected chi connectivity index (χ4v) is 1.38. The van der Waals surface area contributed by atoms with Crippen molar-refractivity contribution in [2.45, 2.75) is 26.7 Å². The molecule has 0 aliphatic carbocycles. The first kappa shape index (κ1) is 8.93. The molecule has 1 N–H and O–H groups in total. The zero-order valence-corrected chi connectivity index (χ0v) is 8.13. The highest BCUT2D eigenvalue weighted by Gasteiger charge is 2.12. The van der Waals surface area contributed by atoms with E-state index in [9.17, 15) is 4.79 Å². The molecule has 0 atom stereocenters. The van der Waals surface area contributed by atoms with Crippen molar-refractivity contribution in [2.75, 3.05) is 0 Å². The molecular weight excluding hydrogens is 182 g/mol. The lowest BCUT2D eigenvalue weighted by Gasteiger charge is -1.94. The maximum absolute atomic E-state index is 11.6. The Labute approximate surface area is 80.1 Å². The van der Waals surface area contributed by atoms with Crippen LogP contribution in [-0.2, 0) is 12.8 Å². The van der Waals surface area contributed by atoms with Crippen LogP contribution in [0.2, 0.25) is 0 Å². The Morgan fingerprint density at radius 1 is 1.36 bits per heavy atom. The highest BCUT2D eigenvalue weighted by atomic mass is 16.5. The molecule has 5 nitrogen and oxygen atoms in total. The van der Waals surface area contributed by atoms with Gasteiger partial charge < -0.3 is 9.51 Å². The van der Waals surface area contributed by atoms with Gasteiger partial charge in [-0.15, -0.1) is 0 Å². The van der Waals surface area contributed by atoms with Crippen molar-refractivity contribution in [3.63, 3.8) is 0 Å². The van der Waals surface area contributed by atoms with Crippen molar-refractivity contribution in [3.05, 3.63) is 21.9 Å². The third-order valence-corrected chi connectivity index (χ3v) is 2.13. The minimum atomic E-state index is -0.162. The molecule has 5 heteroatoms. The number of hydrogen-bond donors (Lipinski definition) is 1. The molecule has 0 saturated heterocycles. The number of H-pyrrole nitrogens is 1. The van der Waals surface area contributed by atoms with Crippen LogP contribution in [0.3, 0.4) is 0 Å². The molecule has 2 rings (SSSR count). The number of fused-ring (bicyclic) bond motifs is 1. The summed E-state index contributed by atoms with van der Waals surface area (Å²) in [5.41, 5.74) is 0.243. The van der Waals surface area contributed by atoms with Gasteiger partial charge in [-0.2, -0.15) is 0 Å². The Bertz CT molecular complexity index is 512. The number of nitrogens with one attached hydrogen (secondary N) is 1. The molecule has 0 saturated carbocycles. The lowest BCUT2D eigenvalue weighted by Crippen LogP contribution is -2.11. The molecule has 14 heavy (non-hydrogen) atoms. The third-order valence-electron chi connectivity index (χ3n) is 2.13. The van der Waals surface area contributed by atoms with E-state index in [0.717, 1.165) is 0 Å². The Morgan fingerprint density at radius 3 is 2.79 bits per heavy atom. The predicted octanol–water partition coefficient (Wildman–Crippen LogP) is 1.04. The van der Waals surface area contributed by atoms with E-state index in [-0.39, 0.29) is 5.56 Å². The van der Waals surface area contributed by atoms with Gasteiger partial charge in [0, 0.05) is 12.8 Å². The summed E-state index contributed by atoms with van der Waals surface area (Å²) < 4.78 is 5.01. The Morgan fingerprint density at radius 2 is 2.14 bits per heavy atom. The third kappa shape index (κ3) is 1.21. The molecule has 0 fully saturated rings. The van der Waals surface area contributed by atoms with Gasteiger partial charge in [0.2, 0.25) is 5.65 Å². The van der Waals surface area contributed by atoms with Gasteiger partial charge in [0.25, 0.3) is 5.56 Å². The van der Waals surface area contributed by atoms with E-state index in [4.69, 9.17) is 4.52 Å². The topological polar surface area (TPSA) is 71.8 Å². The summed E-state index contributed by atoms with van der Waals surface area (Å²) in [4.78, 5) is 18.5. The van der Waals surface area contributed by atoms with Gasteiger partial charge in [-0.25, -0.2) is 4.98 Å². The zero-order chi connectivity index (χ0) is 10.1. The monoisotopic (exact) mass is 193 g/mol. The Hall–Kier alpha value is -1.65. The fraction of sp³-hybridized carbons (Fsp3) is 0.444. The number of hydrogen-bond acceptors (Lipinski definition) is 4. The second-order valence-corrected chi connectivity index (χ2v) is 3.02. The van der Waals surface area contributed by atoms with Gasteiger partial charge in [0.15, 0.2) is 5.76 Å². The van der Waals surface area contributed by atoms with E-state index in [2.05, 4.69) is 15.1 Å². The molecule has 0 aromatic carbocycles. The van der Waals surface area contributed by atoms with Crippen molar-refractivity contribution in [1.29, 1.82) is 0 Å². The highest BCUT2D eigenvalue weighted by Crippen LogP contribution is 2.12. The number of aromatic amines is 1. The molecule has 0 bridgehead atoms. The van der Waals surface area contributed by atoms with Crippen LogP contribution >= 0.6 is 0 Å². The van der Waals surface area contributed by atoms with E-state index >= 15 is 0 Å². The minimum Gasteiger partial charge on any atom is -0.358 e. The summed E-state index contributed by atoms with van der Waals surface area (Å²) >= 11 is 0. The zero-order valence-electron chi connectivity index (χ0n) is 8.13. The van der Waals surface area contributed by atoms with Gasteiger partial charge in [-0.3, -0.25) is 4.79 Å². The van der Waals surface area contributed by atoms with E-state index in [1.165, 1.54) is 0 Å². The smallest absolute Gasteiger partial charge is 0.264 e. The van der Waals surface area contributed by atoms with Crippen LogP contribution in [0.5, 0.6) is 0 Å². The largest absolute Gasteiger partial charge is 0.358 e. The number of aryl methyl sites for hydroxylation is 2. The lowest BCUT2D eigenvalue weighted by molar-refractivity contribution is 0.393.